The number of nitrogens with zero attached hydrogens (tertiary/aromatic N) is 1. The van der Waals surface area contributed by atoms with E-state index in [2.05, 4.69) is 13.1 Å². The standard InChI is InChI=1S/C12H17FN3O14P3/c1-3-12(14)8(17)7(27-10(12)16-4-6(13)9(18)15-11(16)19)5(2)28-32(23,24)30-33(25,26)29-31(20,21)22/h1,4-5,7-8,10,17H,14H2,2H3,(H,23,24)(H,25,26)(H,15,18,19)(H2,20,21,22)/t5-,7+,8-,10+,12?/m0/s1. The maximum Gasteiger partial charge on any atom is 0.490 e. The molecule has 2 rings (SSSR count). The summed E-state index contributed by atoms with van der Waals surface area (Å²) < 4.78 is 65.1. The van der Waals surface area contributed by atoms with Gasteiger partial charge in [0.1, 0.15) is 12.2 Å². The monoisotopic (exact) mass is 539 g/mol. The molecule has 8 N–H and O–H groups in total. The Morgan fingerprint density at radius 2 is 1.85 bits per heavy atom. The molecule has 33 heavy (non-hydrogen) atoms. The second-order valence-corrected chi connectivity index (χ2v) is 10.9. The van der Waals surface area contributed by atoms with Crippen LogP contribution in [0.2, 0.25) is 0 Å². The molecule has 1 aliphatic heterocycles. The van der Waals surface area contributed by atoms with E-state index in [0.717, 1.165) is 6.92 Å². The van der Waals surface area contributed by atoms with E-state index < -0.39 is 70.6 Å². The fourth-order valence-electron chi connectivity index (χ4n) is 2.78. The number of H-pyrrole nitrogens is 1. The molecule has 0 amide bonds. The van der Waals surface area contributed by atoms with Gasteiger partial charge in [-0.2, -0.15) is 13.0 Å². The maximum atomic E-state index is 13.7. The first-order valence-corrected chi connectivity index (χ1v) is 12.8. The van der Waals surface area contributed by atoms with Gasteiger partial charge in [0.15, 0.2) is 11.8 Å². The number of nitrogens with two attached hydrogens (primary N) is 1. The number of aromatic amines is 1. The van der Waals surface area contributed by atoms with E-state index in [9.17, 15) is 42.6 Å². The number of aromatic nitrogens is 2. The van der Waals surface area contributed by atoms with Gasteiger partial charge in [0.2, 0.25) is 5.82 Å². The van der Waals surface area contributed by atoms with Crippen molar-refractivity contribution in [2.45, 2.75) is 37.0 Å². The summed E-state index contributed by atoms with van der Waals surface area (Å²) in [7, 11) is -17.1. The average molecular weight is 539 g/mol. The van der Waals surface area contributed by atoms with Crippen LogP contribution in [0.15, 0.2) is 15.8 Å². The highest BCUT2D eigenvalue weighted by Gasteiger charge is 2.57. The van der Waals surface area contributed by atoms with Crippen molar-refractivity contribution in [1.82, 2.24) is 9.55 Å². The summed E-state index contributed by atoms with van der Waals surface area (Å²) in [5.41, 5.74) is 0.980. The third-order valence-electron chi connectivity index (χ3n) is 4.10. The van der Waals surface area contributed by atoms with E-state index in [1.165, 1.54) is 0 Å². The topological polar surface area (TPSA) is 270 Å². The van der Waals surface area contributed by atoms with E-state index in [1.54, 1.807) is 4.98 Å². The third-order valence-corrected chi connectivity index (χ3v) is 8.03. The molecular weight excluding hydrogens is 522 g/mol. The summed E-state index contributed by atoms with van der Waals surface area (Å²) in [6.45, 7) is 0.946. The lowest BCUT2D eigenvalue weighted by atomic mass is 9.90. The van der Waals surface area contributed by atoms with Gasteiger partial charge >= 0.3 is 29.2 Å². The van der Waals surface area contributed by atoms with Gasteiger partial charge < -0.3 is 35.2 Å². The largest absolute Gasteiger partial charge is 0.490 e. The van der Waals surface area contributed by atoms with Gasteiger partial charge in [0.25, 0.3) is 5.56 Å². The van der Waals surface area contributed by atoms with Crippen molar-refractivity contribution in [2.75, 3.05) is 0 Å². The number of ether oxygens (including phenoxy) is 1. The molecule has 1 aromatic heterocycles. The molecule has 21 heteroatoms. The number of aliphatic hydroxyl groups is 1. The summed E-state index contributed by atoms with van der Waals surface area (Å²) >= 11 is 0. The van der Waals surface area contributed by atoms with Crippen molar-refractivity contribution in [3.8, 4) is 12.3 Å². The van der Waals surface area contributed by atoms with Crippen LogP contribution in [-0.4, -0.2) is 58.1 Å². The lowest BCUT2D eigenvalue weighted by Crippen LogP contribution is -2.55. The van der Waals surface area contributed by atoms with Crippen molar-refractivity contribution in [2.24, 2.45) is 5.73 Å². The number of hydrogen-bond acceptors (Lipinski definition) is 11. The molecule has 1 fully saturated rings. The fourth-order valence-corrected chi connectivity index (χ4v) is 5.98. The quantitative estimate of drug-likeness (QED) is 0.139. The van der Waals surface area contributed by atoms with Crippen molar-refractivity contribution < 1.29 is 60.6 Å². The Hall–Kier alpha value is -1.54. The number of terminal acetylenes is 1. The smallest absolute Gasteiger partial charge is 0.387 e. The van der Waals surface area contributed by atoms with Crippen LogP contribution in [0.3, 0.4) is 0 Å². The first-order chi connectivity index (χ1) is 14.8. The summed E-state index contributed by atoms with van der Waals surface area (Å²) in [5, 5.41) is 10.5. The minimum absolute atomic E-state index is 0.382. The Labute approximate surface area is 182 Å². The molecule has 0 aliphatic carbocycles. The summed E-state index contributed by atoms with van der Waals surface area (Å²) in [4.78, 5) is 60.8. The minimum atomic E-state index is -5.83. The van der Waals surface area contributed by atoms with Gasteiger partial charge in [0.05, 0.1) is 12.3 Å². The van der Waals surface area contributed by atoms with Crippen LogP contribution in [0.25, 0.3) is 0 Å². The van der Waals surface area contributed by atoms with Crippen LogP contribution in [0.1, 0.15) is 13.2 Å². The highest BCUT2D eigenvalue weighted by atomic mass is 31.3. The second kappa shape index (κ2) is 9.25. The van der Waals surface area contributed by atoms with E-state index in [1.807, 2.05) is 5.92 Å². The van der Waals surface area contributed by atoms with Crippen LogP contribution in [0, 0.1) is 18.2 Å². The van der Waals surface area contributed by atoms with Crippen LogP contribution < -0.4 is 17.0 Å². The van der Waals surface area contributed by atoms with Crippen LogP contribution in [0.4, 0.5) is 4.39 Å². The number of halogens is 1. The normalized spacial score (nSPS) is 30.2. The molecule has 2 heterocycles. The maximum absolute atomic E-state index is 13.7. The van der Waals surface area contributed by atoms with Crippen molar-refractivity contribution >= 4 is 23.5 Å². The van der Waals surface area contributed by atoms with Crippen molar-refractivity contribution in [1.29, 1.82) is 0 Å². The number of hydrogen-bond donors (Lipinski definition) is 7. The average Bonchev–Trinajstić information content (AvgIpc) is 2.87. The molecule has 0 saturated carbocycles. The van der Waals surface area contributed by atoms with Crippen LogP contribution >= 0.6 is 23.5 Å². The molecule has 1 saturated heterocycles. The SMILES string of the molecule is C#CC1(N)[C@@H](O)[C@@H]([C@H](C)OP(=O)(O)OP(=O)(O)OP(=O)(O)O)O[C@H]1n1cc(F)c(=O)[nH]c1=O. The Bertz CT molecular complexity index is 1220. The van der Waals surface area contributed by atoms with Gasteiger partial charge in [-0.25, -0.2) is 18.5 Å². The molecule has 1 aliphatic rings. The summed E-state index contributed by atoms with van der Waals surface area (Å²) in [6, 6.07) is 0. The van der Waals surface area contributed by atoms with Crippen molar-refractivity contribution in [3.63, 3.8) is 0 Å². The van der Waals surface area contributed by atoms with E-state index in [0.29, 0.717) is 10.8 Å². The van der Waals surface area contributed by atoms with E-state index in [-0.39, 0.29) is 0 Å². The number of phosphoric ester groups is 1. The lowest BCUT2D eigenvalue weighted by Gasteiger charge is -2.28. The molecule has 0 aromatic carbocycles. The van der Waals surface area contributed by atoms with Gasteiger partial charge in [-0.1, -0.05) is 5.92 Å². The zero-order chi connectivity index (χ0) is 25.6. The second-order valence-electron chi connectivity index (χ2n) is 6.52. The molecule has 0 radical (unpaired) electrons. The van der Waals surface area contributed by atoms with Crippen molar-refractivity contribution in [3.05, 3.63) is 32.9 Å². The molecule has 0 spiro atoms. The highest BCUT2D eigenvalue weighted by Crippen LogP contribution is 2.66. The van der Waals surface area contributed by atoms with Gasteiger partial charge in [0, 0.05) is 0 Å². The molecule has 186 valence electrons. The van der Waals surface area contributed by atoms with Crippen LogP contribution in [0.5, 0.6) is 0 Å². The number of nitrogens with one attached hydrogen (secondary N) is 1. The van der Waals surface area contributed by atoms with Gasteiger partial charge in [-0.15, -0.1) is 6.42 Å². The molecular formula is C12H17FN3O14P3. The zero-order valence-corrected chi connectivity index (χ0v) is 18.8. The summed E-state index contributed by atoms with van der Waals surface area (Å²) in [6.07, 6.45) is -1.71. The summed E-state index contributed by atoms with van der Waals surface area (Å²) in [5.74, 6) is 0.483. The Morgan fingerprint density at radius 3 is 2.36 bits per heavy atom. The fraction of sp³-hybridized carbons (Fsp3) is 0.500. The first kappa shape index (κ1) is 27.7. The van der Waals surface area contributed by atoms with E-state index >= 15 is 0 Å². The molecule has 3 unspecified atom stereocenters. The molecule has 17 nitrogen and oxygen atoms in total. The zero-order valence-electron chi connectivity index (χ0n) is 16.1. The van der Waals surface area contributed by atoms with Gasteiger partial charge in [-0.3, -0.25) is 18.9 Å². The Morgan fingerprint density at radius 1 is 1.27 bits per heavy atom. The third kappa shape index (κ3) is 6.32. The number of phosphoric acid groups is 3. The number of rotatable bonds is 8. The Kier molecular flexibility index (Phi) is 7.77. The van der Waals surface area contributed by atoms with Crippen LogP contribution in [-0.2, 0) is 31.6 Å². The lowest BCUT2D eigenvalue weighted by molar-refractivity contribution is -0.0757. The molecule has 7 atom stereocenters. The Balaban J connectivity index is 2.31. The minimum Gasteiger partial charge on any atom is -0.387 e. The molecule has 1 aromatic rings. The van der Waals surface area contributed by atoms with Gasteiger partial charge in [-0.05, 0) is 6.92 Å². The number of aliphatic hydroxyl groups excluding tert-OH is 1. The highest BCUT2D eigenvalue weighted by molar-refractivity contribution is 7.66. The predicted molar refractivity (Wildman–Crippen MR) is 101 cm³/mol. The van der Waals surface area contributed by atoms with E-state index in [4.69, 9.17) is 26.7 Å². The molecule has 0 bridgehead atoms. The first-order valence-electron chi connectivity index (χ1n) is 8.25. The predicted octanol–water partition coefficient (Wildman–Crippen LogP) is -2.00.